The number of ketones is 1. The molecule has 74 valence electrons. The minimum Gasteiger partial charge on any atom is -0.300 e. The Bertz CT molecular complexity index is 348. The average molecular weight is 188 g/mol. The molecular weight excluding hydrogens is 172 g/mol. The van der Waals surface area contributed by atoms with E-state index >= 15 is 0 Å². The van der Waals surface area contributed by atoms with Crippen molar-refractivity contribution in [2.24, 2.45) is 5.92 Å². The molecule has 2 rings (SSSR count). The Morgan fingerprint density at radius 2 is 1.93 bits per heavy atom. The normalized spacial score (nSPS) is 25.6. The summed E-state index contributed by atoms with van der Waals surface area (Å²) in [6.45, 7) is 3.86. The van der Waals surface area contributed by atoms with E-state index in [4.69, 9.17) is 0 Å². The molecule has 0 aliphatic heterocycles. The molecule has 1 heteroatoms. The third-order valence-electron chi connectivity index (χ3n) is 3.34. The topological polar surface area (TPSA) is 17.1 Å². The zero-order valence-electron chi connectivity index (χ0n) is 8.79. The summed E-state index contributed by atoms with van der Waals surface area (Å²) in [7, 11) is 0. The van der Waals surface area contributed by atoms with Gasteiger partial charge in [0.15, 0.2) is 0 Å². The largest absolute Gasteiger partial charge is 0.300 e. The summed E-state index contributed by atoms with van der Waals surface area (Å²) < 4.78 is 0. The van der Waals surface area contributed by atoms with Gasteiger partial charge < -0.3 is 0 Å². The molecular formula is C13H16O. The molecule has 0 bridgehead atoms. The number of aryl methyl sites for hydroxylation is 1. The Hall–Kier alpha value is -1.11. The molecule has 1 aliphatic carbocycles. The van der Waals surface area contributed by atoms with Gasteiger partial charge >= 0.3 is 0 Å². The van der Waals surface area contributed by atoms with Crippen molar-refractivity contribution >= 4 is 5.78 Å². The van der Waals surface area contributed by atoms with E-state index in [1.807, 2.05) is 0 Å². The Labute approximate surface area is 85.1 Å². The van der Waals surface area contributed by atoms with E-state index < -0.39 is 0 Å². The summed E-state index contributed by atoms with van der Waals surface area (Å²) in [6.07, 6.45) is 2.11. The predicted octanol–water partition coefficient (Wildman–Crippen LogP) is 3.08. The maximum absolute atomic E-state index is 11.1. The lowest BCUT2D eigenvalue weighted by atomic mass is 9.69. The lowest BCUT2D eigenvalue weighted by Crippen LogP contribution is -2.27. The van der Waals surface area contributed by atoms with Crippen molar-refractivity contribution in [1.29, 1.82) is 0 Å². The minimum absolute atomic E-state index is 0.333. The first kappa shape index (κ1) is 9.45. The van der Waals surface area contributed by atoms with Gasteiger partial charge in [-0.2, -0.15) is 0 Å². The first-order chi connectivity index (χ1) is 6.68. The molecule has 1 fully saturated rings. The summed E-state index contributed by atoms with van der Waals surface area (Å²) in [5.41, 5.74) is 2.80. The van der Waals surface area contributed by atoms with E-state index in [0.29, 0.717) is 17.6 Å². The molecule has 1 saturated carbocycles. The van der Waals surface area contributed by atoms with Crippen LogP contribution in [0.1, 0.15) is 36.8 Å². The number of carbonyl (C=O) groups excluding carboxylic acids is 1. The summed E-state index contributed by atoms with van der Waals surface area (Å²) in [6, 6.07) is 8.50. The molecule has 0 unspecified atom stereocenters. The third-order valence-corrected chi connectivity index (χ3v) is 3.34. The van der Waals surface area contributed by atoms with Gasteiger partial charge in [-0.25, -0.2) is 0 Å². The van der Waals surface area contributed by atoms with Crippen LogP contribution in [-0.4, -0.2) is 5.78 Å². The van der Waals surface area contributed by atoms with E-state index in [0.717, 1.165) is 12.8 Å². The lowest BCUT2D eigenvalue weighted by Gasteiger charge is -2.34. The highest BCUT2D eigenvalue weighted by Gasteiger charge is 2.33. The monoisotopic (exact) mass is 188 g/mol. The van der Waals surface area contributed by atoms with Gasteiger partial charge in [-0.15, -0.1) is 0 Å². The standard InChI is InChI=1S/C13H16O/c1-9-5-3-4-6-13(9)12-7-11(8-12)10(2)14/h3-6,11-12H,7-8H2,1-2H3. The number of carbonyl (C=O) groups is 1. The highest BCUT2D eigenvalue weighted by molar-refractivity contribution is 5.79. The van der Waals surface area contributed by atoms with Gasteiger partial charge in [0.2, 0.25) is 0 Å². The summed E-state index contributed by atoms with van der Waals surface area (Å²) in [4.78, 5) is 11.1. The Morgan fingerprint density at radius 1 is 1.29 bits per heavy atom. The molecule has 1 aliphatic rings. The third kappa shape index (κ3) is 1.59. The van der Waals surface area contributed by atoms with Gasteiger partial charge in [0.05, 0.1) is 0 Å². The first-order valence-corrected chi connectivity index (χ1v) is 5.24. The number of Topliss-reactive ketones (excluding diaryl/α,β-unsaturated/α-hetero) is 1. The fourth-order valence-corrected chi connectivity index (χ4v) is 2.25. The molecule has 1 aromatic carbocycles. The molecule has 14 heavy (non-hydrogen) atoms. The van der Waals surface area contributed by atoms with E-state index in [1.54, 1.807) is 6.92 Å². The van der Waals surface area contributed by atoms with E-state index in [9.17, 15) is 4.79 Å². The quantitative estimate of drug-likeness (QED) is 0.697. The SMILES string of the molecule is CC(=O)C1CC(c2ccccc2C)C1. The van der Waals surface area contributed by atoms with Crippen LogP contribution in [0.25, 0.3) is 0 Å². The van der Waals surface area contributed by atoms with Gasteiger partial charge in [0.1, 0.15) is 5.78 Å². The molecule has 0 aromatic heterocycles. The van der Waals surface area contributed by atoms with Crippen LogP contribution in [0.2, 0.25) is 0 Å². The second-order valence-corrected chi connectivity index (χ2v) is 4.33. The predicted molar refractivity (Wildman–Crippen MR) is 57.3 cm³/mol. The molecule has 0 N–H and O–H groups in total. The Morgan fingerprint density at radius 3 is 2.50 bits per heavy atom. The molecule has 1 nitrogen and oxygen atoms in total. The molecule has 0 radical (unpaired) electrons. The summed E-state index contributed by atoms with van der Waals surface area (Å²) in [5.74, 6) is 1.32. The van der Waals surface area contributed by atoms with Crippen molar-refractivity contribution in [3.63, 3.8) is 0 Å². The fraction of sp³-hybridized carbons (Fsp3) is 0.462. The highest BCUT2D eigenvalue weighted by atomic mass is 16.1. The zero-order valence-corrected chi connectivity index (χ0v) is 8.79. The van der Waals surface area contributed by atoms with Gasteiger partial charge in [-0.05, 0) is 43.7 Å². The summed E-state index contributed by atoms with van der Waals surface area (Å²) in [5, 5.41) is 0. The van der Waals surface area contributed by atoms with Gasteiger partial charge in [0.25, 0.3) is 0 Å². The van der Waals surface area contributed by atoms with Crippen molar-refractivity contribution in [2.75, 3.05) is 0 Å². The van der Waals surface area contributed by atoms with Crippen LogP contribution in [0.5, 0.6) is 0 Å². The number of rotatable bonds is 2. The van der Waals surface area contributed by atoms with Crippen LogP contribution in [0, 0.1) is 12.8 Å². The van der Waals surface area contributed by atoms with Crippen molar-refractivity contribution in [3.05, 3.63) is 35.4 Å². The molecule has 1 aromatic rings. The van der Waals surface area contributed by atoms with E-state index in [1.165, 1.54) is 11.1 Å². The van der Waals surface area contributed by atoms with Crippen LogP contribution in [0.4, 0.5) is 0 Å². The molecule has 0 atom stereocenters. The van der Waals surface area contributed by atoms with Gasteiger partial charge in [0, 0.05) is 5.92 Å². The lowest BCUT2D eigenvalue weighted by molar-refractivity contribution is -0.123. The molecule has 0 spiro atoms. The van der Waals surface area contributed by atoms with E-state index in [-0.39, 0.29) is 0 Å². The van der Waals surface area contributed by atoms with Crippen molar-refractivity contribution in [2.45, 2.75) is 32.6 Å². The second-order valence-electron chi connectivity index (χ2n) is 4.33. The number of hydrogen-bond donors (Lipinski definition) is 0. The van der Waals surface area contributed by atoms with Crippen LogP contribution in [-0.2, 0) is 4.79 Å². The van der Waals surface area contributed by atoms with Crippen LogP contribution >= 0.6 is 0 Å². The smallest absolute Gasteiger partial charge is 0.132 e. The maximum atomic E-state index is 11.1. The Balaban J connectivity index is 2.07. The van der Waals surface area contributed by atoms with Crippen LogP contribution < -0.4 is 0 Å². The van der Waals surface area contributed by atoms with E-state index in [2.05, 4.69) is 31.2 Å². The average Bonchev–Trinajstić information content (AvgIpc) is 2.05. The Kier molecular flexibility index (Phi) is 2.40. The molecule has 0 heterocycles. The van der Waals surface area contributed by atoms with Crippen molar-refractivity contribution in [1.82, 2.24) is 0 Å². The van der Waals surface area contributed by atoms with Gasteiger partial charge in [-0.1, -0.05) is 24.3 Å². The van der Waals surface area contributed by atoms with Crippen molar-refractivity contribution in [3.8, 4) is 0 Å². The van der Waals surface area contributed by atoms with Crippen molar-refractivity contribution < 1.29 is 4.79 Å². The maximum Gasteiger partial charge on any atom is 0.132 e. The summed E-state index contributed by atoms with van der Waals surface area (Å²) >= 11 is 0. The highest BCUT2D eigenvalue weighted by Crippen LogP contribution is 2.42. The molecule has 0 amide bonds. The fourth-order valence-electron chi connectivity index (χ4n) is 2.25. The molecule has 0 saturated heterocycles. The van der Waals surface area contributed by atoms with Crippen LogP contribution in [0.15, 0.2) is 24.3 Å². The zero-order chi connectivity index (χ0) is 10.1. The van der Waals surface area contributed by atoms with Gasteiger partial charge in [-0.3, -0.25) is 4.79 Å². The minimum atomic E-state index is 0.333. The van der Waals surface area contributed by atoms with Crippen LogP contribution in [0.3, 0.4) is 0 Å². The number of hydrogen-bond acceptors (Lipinski definition) is 1. The number of benzene rings is 1. The second kappa shape index (κ2) is 3.56. The first-order valence-electron chi connectivity index (χ1n) is 5.24.